The maximum Gasteiger partial charge on any atom is 0.335 e. The number of ether oxygens (including phenoxy) is 1. The standard InChI is InChI=1S/C21H15BrN2O4/c1-3-10-28-16-7-4-14(5-8-16)12-17-19(25)23-21(27)24(20(17)26)15-6-9-18(22)13(2)11-15/h1,4-9,11-12H,10H2,2H3,(H,23,25,27)/b17-12+. The van der Waals surface area contributed by atoms with Crippen LogP contribution < -0.4 is 15.0 Å². The number of rotatable bonds is 4. The second kappa shape index (κ2) is 8.11. The minimum Gasteiger partial charge on any atom is -0.481 e. The molecule has 7 heteroatoms. The summed E-state index contributed by atoms with van der Waals surface area (Å²) in [6.45, 7) is 1.98. The fourth-order valence-electron chi connectivity index (χ4n) is 2.61. The van der Waals surface area contributed by atoms with E-state index in [4.69, 9.17) is 11.2 Å². The van der Waals surface area contributed by atoms with Crippen LogP contribution in [0.1, 0.15) is 11.1 Å². The van der Waals surface area contributed by atoms with Crippen LogP contribution in [0.2, 0.25) is 0 Å². The Kier molecular flexibility index (Phi) is 5.62. The van der Waals surface area contributed by atoms with Gasteiger partial charge in [-0.15, -0.1) is 6.42 Å². The number of amides is 4. The Hall–Kier alpha value is -3.37. The van der Waals surface area contributed by atoms with E-state index in [2.05, 4.69) is 27.2 Å². The highest BCUT2D eigenvalue weighted by molar-refractivity contribution is 9.10. The number of urea groups is 1. The van der Waals surface area contributed by atoms with Gasteiger partial charge in [0, 0.05) is 4.47 Å². The van der Waals surface area contributed by atoms with Gasteiger partial charge in [0.05, 0.1) is 5.69 Å². The Morgan fingerprint density at radius 3 is 2.54 bits per heavy atom. The lowest BCUT2D eigenvalue weighted by Gasteiger charge is -2.26. The number of hydrogen-bond donors (Lipinski definition) is 1. The van der Waals surface area contributed by atoms with Crippen LogP contribution in [-0.4, -0.2) is 24.5 Å². The van der Waals surface area contributed by atoms with Crippen molar-refractivity contribution in [3.05, 3.63) is 63.6 Å². The molecule has 28 heavy (non-hydrogen) atoms. The molecule has 6 nitrogen and oxygen atoms in total. The quantitative estimate of drug-likeness (QED) is 0.450. The van der Waals surface area contributed by atoms with Gasteiger partial charge in [0.15, 0.2) is 0 Å². The predicted molar refractivity (Wildman–Crippen MR) is 109 cm³/mol. The second-order valence-electron chi connectivity index (χ2n) is 5.95. The summed E-state index contributed by atoms with van der Waals surface area (Å²) in [6.07, 6.45) is 6.57. The summed E-state index contributed by atoms with van der Waals surface area (Å²) in [4.78, 5) is 38.3. The van der Waals surface area contributed by atoms with Crippen molar-refractivity contribution in [3.63, 3.8) is 0 Å². The molecule has 0 radical (unpaired) electrons. The summed E-state index contributed by atoms with van der Waals surface area (Å²) in [5, 5.41) is 2.20. The number of aryl methyl sites for hydroxylation is 1. The van der Waals surface area contributed by atoms with Crippen LogP contribution in [0.3, 0.4) is 0 Å². The van der Waals surface area contributed by atoms with E-state index in [0.717, 1.165) is 14.9 Å². The van der Waals surface area contributed by atoms with E-state index in [1.807, 2.05) is 6.92 Å². The normalized spacial score (nSPS) is 15.4. The molecule has 1 aliphatic rings. The summed E-state index contributed by atoms with van der Waals surface area (Å²) < 4.78 is 6.14. The maximum absolute atomic E-state index is 12.9. The third-order valence-corrected chi connectivity index (χ3v) is 4.90. The highest BCUT2D eigenvalue weighted by atomic mass is 79.9. The van der Waals surface area contributed by atoms with E-state index in [0.29, 0.717) is 17.0 Å². The first-order valence-electron chi connectivity index (χ1n) is 8.24. The Morgan fingerprint density at radius 1 is 1.18 bits per heavy atom. The van der Waals surface area contributed by atoms with Crippen molar-refractivity contribution < 1.29 is 19.1 Å². The summed E-state index contributed by atoms with van der Waals surface area (Å²) in [7, 11) is 0. The van der Waals surface area contributed by atoms with E-state index in [1.54, 1.807) is 42.5 Å². The van der Waals surface area contributed by atoms with Crippen molar-refractivity contribution in [1.29, 1.82) is 0 Å². The molecule has 1 heterocycles. The van der Waals surface area contributed by atoms with E-state index in [1.165, 1.54) is 6.08 Å². The highest BCUT2D eigenvalue weighted by Crippen LogP contribution is 2.26. The van der Waals surface area contributed by atoms with Gasteiger partial charge in [-0.1, -0.05) is 34.0 Å². The predicted octanol–water partition coefficient (Wildman–Crippen LogP) is 3.44. The number of imide groups is 2. The third-order valence-electron chi connectivity index (χ3n) is 4.01. The molecule has 1 saturated heterocycles. The number of benzene rings is 2. The van der Waals surface area contributed by atoms with Crippen LogP contribution in [-0.2, 0) is 9.59 Å². The lowest BCUT2D eigenvalue weighted by Crippen LogP contribution is -2.54. The molecular formula is C21H15BrN2O4. The Morgan fingerprint density at radius 2 is 1.89 bits per heavy atom. The fraction of sp³-hybridized carbons (Fsp3) is 0.0952. The number of carbonyl (C=O) groups is 3. The smallest absolute Gasteiger partial charge is 0.335 e. The summed E-state index contributed by atoms with van der Waals surface area (Å²) in [6, 6.07) is 11.0. The number of hydrogen-bond acceptors (Lipinski definition) is 4. The van der Waals surface area contributed by atoms with Crippen LogP contribution in [0.25, 0.3) is 6.08 Å². The van der Waals surface area contributed by atoms with Crippen LogP contribution in [0.15, 0.2) is 52.5 Å². The highest BCUT2D eigenvalue weighted by Gasteiger charge is 2.36. The average Bonchev–Trinajstić information content (AvgIpc) is 2.67. The van der Waals surface area contributed by atoms with Crippen LogP contribution in [0.5, 0.6) is 5.75 Å². The van der Waals surface area contributed by atoms with Crippen LogP contribution in [0.4, 0.5) is 10.5 Å². The molecule has 0 aliphatic carbocycles. The van der Waals surface area contributed by atoms with Crippen LogP contribution >= 0.6 is 15.9 Å². The van der Waals surface area contributed by atoms with Crippen LogP contribution in [0, 0.1) is 19.3 Å². The number of carbonyl (C=O) groups excluding carboxylic acids is 3. The first-order chi connectivity index (χ1) is 13.4. The van der Waals surface area contributed by atoms with Gasteiger partial charge >= 0.3 is 6.03 Å². The molecule has 0 bridgehead atoms. The molecule has 140 valence electrons. The number of anilines is 1. The molecule has 1 N–H and O–H groups in total. The molecule has 3 rings (SSSR count). The summed E-state index contributed by atoms with van der Waals surface area (Å²) in [5.74, 6) is 1.50. The minimum absolute atomic E-state index is 0.141. The number of halogens is 1. The van der Waals surface area contributed by atoms with Crippen molar-refractivity contribution in [2.24, 2.45) is 0 Å². The first-order valence-corrected chi connectivity index (χ1v) is 9.04. The average molecular weight is 439 g/mol. The SMILES string of the molecule is C#CCOc1ccc(/C=C2\C(=O)NC(=O)N(c3ccc(Br)c(C)c3)C2=O)cc1. The Balaban J connectivity index is 1.92. The van der Waals surface area contributed by atoms with Gasteiger partial charge in [0.2, 0.25) is 0 Å². The minimum atomic E-state index is -0.785. The number of terminal acetylenes is 1. The molecule has 2 aromatic carbocycles. The molecule has 0 atom stereocenters. The van der Waals surface area contributed by atoms with Gasteiger partial charge in [-0.05, 0) is 54.5 Å². The molecule has 0 spiro atoms. The lowest BCUT2D eigenvalue weighted by molar-refractivity contribution is -0.122. The number of barbiturate groups is 1. The topological polar surface area (TPSA) is 75.7 Å². The fourth-order valence-corrected chi connectivity index (χ4v) is 2.86. The van der Waals surface area contributed by atoms with Gasteiger partial charge < -0.3 is 4.74 Å². The molecule has 4 amide bonds. The molecule has 2 aromatic rings. The zero-order valence-electron chi connectivity index (χ0n) is 14.9. The van der Waals surface area contributed by atoms with Gasteiger partial charge in [0.25, 0.3) is 11.8 Å². The molecule has 1 aliphatic heterocycles. The molecule has 0 saturated carbocycles. The van der Waals surface area contributed by atoms with E-state index < -0.39 is 17.8 Å². The molecular weight excluding hydrogens is 424 g/mol. The first kappa shape index (κ1) is 19.4. The second-order valence-corrected chi connectivity index (χ2v) is 6.81. The zero-order valence-corrected chi connectivity index (χ0v) is 16.4. The zero-order chi connectivity index (χ0) is 20.3. The number of nitrogens with one attached hydrogen (secondary N) is 1. The maximum atomic E-state index is 12.9. The largest absolute Gasteiger partial charge is 0.481 e. The van der Waals surface area contributed by atoms with Gasteiger partial charge in [-0.2, -0.15) is 0 Å². The molecule has 0 unspecified atom stereocenters. The summed E-state index contributed by atoms with van der Waals surface area (Å²) >= 11 is 3.38. The monoisotopic (exact) mass is 438 g/mol. The van der Waals surface area contributed by atoms with Crippen molar-refractivity contribution in [1.82, 2.24) is 5.32 Å². The third kappa shape index (κ3) is 3.97. The van der Waals surface area contributed by atoms with Gasteiger partial charge in [0.1, 0.15) is 17.9 Å². The summed E-state index contributed by atoms with van der Waals surface area (Å²) in [5.41, 5.74) is 1.69. The molecule has 1 fully saturated rings. The van der Waals surface area contributed by atoms with Crippen molar-refractivity contribution >= 4 is 45.5 Å². The molecule has 0 aromatic heterocycles. The van der Waals surface area contributed by atoms with E-state index in [-0.39, 0.29) is 12.2 Å². The van der Waals surface area contributed by atoms with Gasteiger partial charge in [-0.3, -0.25) is 14.9 Å². The van der Waals surface area contributed by atoms with Crippen molar-refractivity contribution in [2.75, 3.05) is 11.5 Å². The lowest BCUT2D eigenvalue weighted by atomic mass is 10.1. The van der Waals surface area contributed by atoms with Crippen molar-refractivity contribution in [2.45, 2.75) is 6.92 Å². The Bertz CT molecular complexity index is 1040. The Labute approximate surface area is 170 Å². The van der Waals surface area contributed by atoms with Gasteiger partial charge in [-0.25, -0.2) is 9.69 Å². The number of nitrogens with zero attached hydrogens (tertiary/aromatic N) is 1. The van der Waals surface area contributed by atoms with Crippen molar-refractivity contribution in [3.8, 4) is 18.1 Å². The van der Waals surface area contributed by atoms with E-state index >= 15 is 0 Å². The van der Waals surface area contributed by atoms with E-state index in [9.17, 15) is 14.4 Å².